The van der Waals surface area contributed by atoms with Crippen LogP contribution in [-0.2, 0) is 12.6 Å². The molecule has 1 saturated heterocycles. The van der Waals surface area contributed by atoms with Gasteiger partial charge in [-0.05, 0) is 47.0 Å². The minimum absolute atomic E-state index is 0.188. The number of nitrogens with one attached hydrogen (secondary N) is 1. The standard InChI is InChI=1S/C7H13NOS.C6H15N/c1-6-4-2-3-5-8(6)7(9)10;1-4-7(5-2)6-3/h6H,2-5H2,1H3,(H,9,10);4-6H2,1-3H3. The molecular formula is C13H28N2OS. The SMILES string of the molecule is CC1CCCCN1C(=O)[S-].CC[NH+](CC)CC. The van der Waals surface area contributed by atoms with E-state index in [1.165, 1.54) is 26.1 Å². The minimum atomic E-state index is -0.188. The van der Waals surface area contributed by atoms with Crippen molar-refractivity contribution in [2.75, 3.05) is 26.2 Å². The molecule has 3 nitrogen and oxygen atoms in total. The number of amides is 1. The third-order valence-corrected chi connectivity index (χ3v) is 3.77. The van der Waals surface area contributed by atoms with Gasteiger partial charge in [-0.25, -0.2) is 0 Å². The summed E-state index contributed by atoms with van der Waals surface area (Å²) in [5.41, 5.74) is 0. The van der Waals surface area contributed by atoms with E-state index in [0.29, 0.717) is 6.04 Å². The lowest BCUT2D eigenvalue weighted by Gasteiger charge is -2.36. The smallest absolute Gasteiger partial charge is 0.101 e. The minimum Gasteiger partial charge on any atom is -0.719 e. The Morgan fingerprint density at radius 2 is 1.76 bits per heavy atom. The Hall–Kier alpha value is -0.350. The number of quaternary nitrogens is 1. The normalized spacial score (nSPS) is 19.8. The Kier molecular flexibility index (Phi) is 9.46. The number of hydrogen-bond donors (Lipinski definition) is 1. The van der Waals surface area contributed by atoms with Gasteiger partial charge in [-0.3, -0.25) is 0 Å². The van der Waals surface area contributed by atoms with Crippen molar-refractivity contribution in [3.05, 3.63) is 0 Å². The summed E-state index contributed by atoms with van der Waals surface area (Å²) in [5, 5.41) is -0.188. The van der Waals surface area contributed by atoms with Gasteiger partial charge < -0.3 is 27.2 Å². The van der Waals surface area contributed by atoms with Gasteiger partial charge in [-0.2, -0.15) is 0 Å². The average molecular weight is 260 g/mol. The van der Waals surface area contributed by atoms with E-state index in [0.717, 1.165) is 19.4 Å². The molecule has 1 unspecified atom stereocenters. The van der Waals surface area contributed by atoms with Crippen LogP contribution < -0.4 is 4.90 Å². The van der Waals surface area contributed by atoms with Gasteiger partial charge in [-0.1, -0.05) is 0 Å². The fraction of sp³-hybridized carbons (Fsp3) is 0.923. The molecule has 102 valence electrons. The molecule has 1 atom stereocenters. The molecule has 1 heterocycles. The van der Waals surface area contributed by atoms with E-state index >= 15 is 0 Å². The second-order valence-electron chi connectivity index (χ2n) is 4.61. The summed E-state index contributed by atoms with van der Waals surface area (Å²) in [4.78, 5) is 14.2. The van der Waals surface area contributed by atoms with Crippen LogP contribution in [0.3, 0.4) is 0 Å². The molecule has 17 heavy (non-hydrogen) atoms. The third-order valence-electron chi connectivity index (χ3n) is 3.54. The summed E-state index contributed by atoms with van der Waals surface area (Å²) >= 11 is 4.56. The molecule has 0 aromatic heterocycles. The van der Waals surface area contributed by atoms with Gasteiger partial charge in [0.1, 0.15) is 5.24 Å². The van der Waals surface area contributed by atoms with Crippen molar-refractivity contribution in [2.24, 2.45) is 0 Å². The van der Waals surface area contributed by atoms with Gasteiger partial charge in [0.05, 0.1) is 19.6 Å². The van der Waals surface area contributed by atoms with Crippen LogP contribution in [0.25, 0.3) is 0 Å². The summed E-state index contributed by atoms with van der Waals surface area (Å²) in [6.07, 6.45) is 3.47. The quantitative estimate of drug-likeness (QED) is 0.777. The van der Waals surface area contributed by atoms with Crippen LogP contribution >= 0.6 is 0 Å². The largest absolute Gasteiger partial charge is 0.719 e. The third kappa shape index (κ3) is 6.84. The van der Waals surface area contributed by atoms with Gasteiger partial charge in [-0.15, -0.1) is 0 Å². The maximum atomic E-state index is 10.7. The first-order chi connectivity index (χ1) is 8.06. The summed E-state index contributed by atoms with van der Waals surface area (Å²) < 4.78 is 0. The van der Waals surface area contributed by atoms with E-state index in [1.54, 1.807) is 9.80 Å². The van der Waals surface area contributed by atoms with E-state index in [1.807, 2.05) is 0 Å². The van der Waals surface area contributed by atoms with Crippen LogP contribution in [0, 0.1) is 0 Å². The Bertz CT molecular complexity index is 202. The number of likely N-dealkylation sites (tertiary alicyclic amines) is 1. The van der Waals surface area contributed by atoms with E-state index in [2.05, 4.69) is 40.3 Å². The van der Waals surface area contributed by atoms with Crippen LogP contribution in [0.1, 0.15) is 47.0 Å². The molecular weight excluding hydrogens is 232 g/mol. The zero-order valence-corrected chi connectivity index (χ0v) is 12.6. The maximum Gasteiger partial charge on any atom is 0.101 e. The topological polar surface area (TPSA) is 24.8 Å². The predicted octanol–water partition coefficient (Wildman–Crippen LogP) is 1.46. The molecule has 1 N–H and O–H groups in total. The zero-order chi connectivity index (χ0) is 13.3. The van der Waals surface area contributed by atoms with Crippen molar-refractivity contribution in [1.29, 1.82) is 0 Å². The fourth-order valence-electron chi connectivity index (χ4n) is 2.12. The van der Waals surface area contributed by atoms with Crippen LogP contribution in [0.2, 0.25) is 0 Å². The van der Waals surface area contributed by atoms with Crippen molar-refractivity contribution in [3.63, 3.8) is 0 Å². The molecule has 1 rings (SSSR count). The Morgan fingerprint density at radius 3 is 2.00 bits per heavy atom. The van der Waals surface area contributed by atoms with Gasteiger partial charge in [0.25, 0.3) is 0 Å². The number of piperidine rings is 1. The number of carbonyl (C=O) groups is 1. The summed E-state index contributed by atoms with van der Waals surface area (Å²) in [6, 6.07) is 0.374. The second kappa shape index (κ2) is 9.66. The van der Waals surface area contributed by atoms with E-state index < -0.39 is 0 Å². The van der Waals surface area contributed by atoms with Crippen LogP contribution in [-0.4, -0.2) is 42.4 Å². The molecule has 0 radical (unpaired) electrons. The summed E-state index contributed by atoms with van der Waals surface area (Å²) in [7, 11) is 0. The highest BCUT2D eigenvalue weighted by Gasteiger charge is 2.16. The molecule has 0 bridgehead atoms. The van der Waals surface area contributed by atoms with E-state index in [9.17, 15) is 4.79 Å². The first kappa shape index (κ1) is 16.6. The predicted molar refractivity (Wildman–Crippen MR) is 75.4 cm³/mol. The van der Waals surface area contributed by atoms with Crippen LogP contribution in [0.15, 0.2) is 0 Å². The number of hydrogen-bond acceptors (Lipinski definition) is 2. The molecule has 0 aromatic carbocycles. The highest BCUT2D eigenvalue weighted by molar-refractivity contribution is 7.76. The van der Waals surface area contributed by atoms with Gasteiger partial charge in [0.15, 0.2) is 0 Å². The number of rotatable bonds is 3. The number of carbonyl (C=O) groups excluding carboxylic acids is 1. The Balaban J connectivity index is 0.000000325. The molecule has 1 aliphatic rings. The second-order valence-corrected chi connectivity index (χ2v) is 4.96. The van der Waals surface area contributed by atoms with Crippen molar-refractivity contribution < 1.29 is 9.69 Å². The molecule has 1 amide bonds. The van der Waals surface area contributed by atoms with Crippen molar-refractivity contribution >= 4 is 17.9 Å². The van der Waals surface area contributed by atoms with Crippen LogP contribution in [0.5, 0.6) is 0 Å². The summed E-state index contributed by atoms with van der Waals surface area (Å²) in [5.74, 6) is 0. The molecule has 1 aliphatic heterocycles. The molecule has 0 aliphatic carbocycles. The first-order valence-electron chi connectivity index (χ1n) is 6.87. The first-order valence-corrected chi connectivity index (χ1v) is 7.28. The summed E-state index contributed by atoms with van der Waals surface area (Å²) in [6.45, 7) is 13.4. The average Bonchev–Trinajstić information content (AvgIpc) is 2.32. The number of nitrogens with zero attached hydrogens (tertiary/aromatic N) is 1. The maximum absolute atomic E-state index is 10.7. The van der Waals surface area contributed by atoms with E-state index in [-0.39, 0.29) is 5.24 Å². The zero-order valence-electron chi connectivity index (χ0n) is 11.8. The molecule has 0 saturated carbocycles. The van der Waals surface area contributed by atoms with Crippen molar-refractivity contribution in [3.8, 4) is 0 Å². The fourth-order valence-corrected chi connectivity index (χ4v) is 2.39. The van der Waals surface area contributed by atoms with Crippen molar-refractivity contribution in [2.45, 2.75) is 53.0 Å². The molecule has 0 aromatic rings. The highest BCUT2D eigenvalue weighted by Crippen LogP contribution is 2.15. The lowest BCUT2D eigenvalue weighted by atomic mass is 10.1. The van der Waals surface area contributed by atoms with Crippen LogP contribution in [0.4, 0.5) is 4.79 Å². The lowest BCUT2D eigenvalue weighted by Crippen LogP contribution is -3.11. The van der Waals surface area contributed by atoms with Gasteiger partial charge in [0.2, 0.25) is 0 Å². The Morgan fingerprint density at radius 1 is 1.24 bits per heavy atom. The van der Waals surface area contributed by atoms with Gasteiger partial charge in [0, 0.05) is 12.6 Å². The monoisotopic (exact) mass is 260 g/mol. The Labute approximate surface area is 112 Å². The van der Waals surface area contributed by atoms with E-state index in [4.69, 9.17) is 0 Å². The van der Waals surface area contributed by atoms with Gasteiger partial charge >= 0.3 is 0 Å². The molecule has 4 heteroatoms. The lowest BCUT2D eigenvalue weighted by molar-refractivity contribution is -0.894. The molecule has 1 fully saturated rings. The molecule has 0 spiro atoms. The highest BCUT2D eigenvalue weighted by atomic mass is 32.1. The van der Waals surface area contributed by atoms with Crippen molar-refractivity contribution in [1.82, 2.24) is 4.90 Å².